The molecule has 0 radical (unpaired) electrons. The molecule has 0 saturated heterocycles. The Morgan fingerprint density at radius 3 is 2.65 bits per heavy atom. The average Bonchev–Trinajstić information content (AvgIpc) is 3.18. The minimum atomic E-state index is -0.324. The summed E-state index contributed by atoms with van der Waals surface area (Å²) in [6.45, 7) is 2.93. The summed E-state index contributed by atoms with van der Waals surface area (Å²) < 4.78 is 8.10. The van der Waals surface area contributed by atoms with Crippen LogP contribution in [0.5, 0.6) is 0 Å². The summed E-state index contributed by atoms with van der Waals surface area (Å²) in [5, 5.41) is 12.3. The fraction of sp³-hybridized carbons (Fsp3) is 0.217. The number of hydrogen-bond acceptors (Lipinski definition) is 6. The molecule has 0 atom stereocenters. The molecule has 0 aliphatic heterocycles. The average molecular weight is 417 g/mol. The summed E-state index contributed by atoms with van der Waals surface area (Å²) in [7, 11) is 0. The lowest BCUT2D eigenvalue weighted by Gasteiger charge is -2.09. The number of fused-ring (bicyclic) bond motifs is 1. The maximum atomic E-state index is 12.4. The molecular weight excluding hydrogens is 394 g/mol. The number of ether oxygens (including phenoxy) is 1. The van der Waals surface area contributed by atoms with Crippen LogP contribution in [0.25, 0.3) is 28.0 Å². The zero-order valence-corrected chi connectivity index (χ0v) is 17.2. The van der Waals surface area contributed by atoms with Crippen LogP contribution >= 0.6 is 0 Å². The third-order valence-electron chi connectivity index (χ3n) is 4.79. The van der Waals surface area contributed by atoms with E-state index < -0.39 is 0 Å². The molecule has 158 valence electrons. The Hall–Kier alpha value is -3.78. The minimum absolute atomic E-state index is 0.0918. The number of pyridine rings is 1. The number of aromatic nitrogens is 4. The molecule has 1 aromatic carbocycles. The Morgan fingerprint density at radius 1 is 1.03 bits per heavy atom. The van der Waals surface area contributed by atoms with Crippen molar-refractivity contribution in [3.63, 3.8) is 0 Å². The molecule has 3 heterocycles. The number of carbonyl (C=O) groups is 1. The molecule has 1 N–H and O–H groups in total. The normalized spacial score (nSPS) is 11.0. The highest BCUT2D eigenvalue weighted by Gasteiger charge is 2.18. The van der Waals surface area contributed by atoms with E-state index in [1.165, 1.54) is 10.7 Å². The lowest BCUT2D eigenvalue weighted by atomic mass is 10.0. The smallest absolute Gasteiger partial charge is 0.319 e. The summed E-state index contributed by atoms with van der Waals surface area (Å²) in [5.74, 6) is -0.324. The predicted molar refractivity (Wildman–Crippen MR) is 118 cm³/mol. The van der Waals surface area contributed by atoms with E-state index in [2.05, 4.69) is 10.4 Å². The third kappa shape index (κ3) is 4.54. The van der Waals surface area contributed by atoms with E-state index in [-0.39, 0.29) is 18.1 Å². The minimum Gasteiger partial charge on any atom is -0.465 e. The molecule has 31 heavy (non-hydrogen) atoms. The van der Waals surface area contributed by atoms with Gasteiger partial charge in [-0.15, -0.1) is 0 Å². The van der Waals surface area contributed by atoms with Crippen LogP contribution in [0.3, 0.4) is 0 Å². The highest BCUT2D eigenvalue weighted by molar-refractivity contribution is 5.90. The molecule has 0 fully saturated rings. The zero-order chi connectivity index (χ0) is 21.6. The molecule has 0 unspecified atom stereocenters. The van der Waals surface area contributed by atoms with E-state index in [9.17, 15) is 9.59 Å². The van der Waals surface area contributed by atoms with Crippen molar-refractivity contribution in [1.29, 1.82) is 0 Å². The molecule has 0 bridgehead atoms. The Bertz CT molecular complexity index is 1250. The third-order valence-corrected chi connectivity index (χ3v) is 4.79. The van der Waals surface area contributed by atoms with E-state index in [0.29, 0.717) is 25.4 Å². The monoisotopic (exact) mass is 417 g/mol. The van der Waals surface area contributed by atoms with Gasteiger partial charge in [-0.1, -0.05) is 36.4 Å². The van der Waals surface area contributed by atoms with E-state index in [1.54, 1.807) is 13.0 Å². The van der Waals surface area contributed by atoms with Gasteiger partial charge in [-0.25, -0.2) is 9.20 Å². The summed E-state index contributed by atoms with van der Waals surface area (Å²) in [5.41, 5.74) is 3.98. The van der Waals surface area contributed by atoms with Gasteiger partial charge in [0.15, 0.2) is 0 Å². The van der Waals surface area contributed by atoms with Gasteiger partial charge >= 0.3 is 5.97 Å². The molecule has 4 rings (SSSR count). The summed E-state index contributed by atoms with van der Waals surface area (Å²) >= 11 is 0. The number of hydrogen-bond donors (Lipinski definition) is 1. The van der Waals surface area contributed by atoms with E-state index in [0.717, 1.165) is 22.3 Å². The number of esters is 1. The van der Waals surface area contributed by atoms with Gasteiger partial charge in [0.05, 0.1) is 36.5 Å². The van der Waals surface area contributed by atoms with Gasteiger partial charge in [-0.3, -0.25) is 9.59 Å². The van der Waals surface area contributed by atoms with Crippen molar-refractivity contribution in [2.45, 2.75) is 13.5 Å². The van der Waals surface area contributed by atoms with Crippen molar-refractivity contribution in [3.8, 4) is 22.5 Å². The van der Waals surface area contributed by atoms with Gasteiger partial charge in [0.1, 0.15) is 5.69 Å². The molecular formula is C23H23N5O3. The van der Waals surface area contributed by atoms with Crippen LogP contribution in [-0.2, 0) is 16.1 Å². The number of nitrogens with one attached hydrogen (secondary N) is 1. The molecule has 8 heteroatoms. The quantitative estimate of drug-likeness (QED) is 0.350. The van der Waals surface area contributed by atoms with Gasteiger partial charge in [0.2, 0.25) is 0 Å². The largest absolute Gasteiger partial charge is 0.465 e. The van der Waals surface area contributed by atoms with Crippen molar-refractivity contribution in [2.24, 2.45) is 0 Å². The lowest BCUT2D eigenvalue weighted by Crippen LogP contribution is -2.31. The second-order valence-electron chi connectivity index (χ2n) is 6.88. The van der Waals surface area contributed by atoms with Crippen LogP contribution in [0.1, 0.15) is 6.92 Å². The summed E-state index contributed by atoms with van der Waals surface area (Å²) in [4.78, 5) is 23.8. The molecule has 0 saturated carbocycles. The molecule has 3 aromatic heterocycles. The fourth-order valence-corrected chi connectivity index (χ4v) is 3.38. The van der Waals surface area contributed by atoms with Crippen LogP contribution in [-0.4, -0.2) is 45.1 Å². The molecule has 0 amide bonds. The fourth-order valence-electron chi connectivity index (χ4n) is 3.38. The number of benzene rings is 1. The Kier molecular flexibility index (Phi) is 6.18. The van der Waals surface area contributed by atoms with Crippen molar-refractivity contribution < 1.29 is 9.53 Å². The topological polar surface area (TPSA) is 90.5 Å². The Morgan fingerprint density at radius 2 is 1.84 bits per heavy atom. The second-order valence-corrected chi connectivity index (χ2v) is 6.88. The van der Waals surface area contributed by atoms with Gasteiger partial charge in [0.25, 0.3) is 5.56 Å². The number of nitrogens with zero attached hydrogens (tertiary/aromatic N) is 4. The van der Waals surface area contributed by atoms with Gasteiger partial charge in [-0.2, -0.15) is 10.2 Å². The first kappa shape index (κ1) is 20.5. The van der Waals surface area contributed by atoms with Crippen LogP contribution in [0, 0.1) is 0 Å². The maximum absolute atomic E-state index is 12.4. The number of carbonyl (C=O) groups excluding carboxylic acids is 1. The highest BCUT2D eigenvalue weighted by atomic mass is 16.5. The molecule has 0 spiro atoms. The first-order valence-electron chi connectivity index (χ1n) is 10.1. The standard InChI is InChI=1S/C23H23N5O3/c1-2-31-21(30)16-24-13-15-28-20(29)12-11-18(25-28)22-19-10-6-7-14-27(19)26-23(22)17-8-4-3-5-9-17/h3-12,14,24H,2,13,15-16H2,1H3. The van der Waals surface area contributed by atoms with Gasteiger partial charge < -0.3 is 10.1 Å². The molecule has 0 aliphatic carbocycles. The van der Waals surface area contributed by atoms with E-state index in [1.807, 2.05) is 59.2 Å². The van der Waals surface area contributed by atoms with Crippen molar-refractivity contribution in [2.75, 3.05) is 19.7 Å². The molecule has 8 nitrogen and oxygen atoms in total. The van der Waals surface area contributed by atoms with Crippen molar-refractivity contribution in [1.82, 2.24) is 24.7 Å². The Balaban J connectivity index is 1.66. The van der Waals surface area contributed by atoms with Crippen molar-refractivity contribution >= 4 is 11.5 Å². The van der Waals surface area contributed by atoms with Crippen LogP contribution < -0.4 is 10.9 Å². The highest BCUT2D eigenvalue weighted by Crippen LogP contribution is 2.33. The van der Waals surface area contributed by atoms with Gasteiger partial charge in [-0.05, 0) is 25.1 Å². The molecule has 0 aliphatic rings. The van der Waals surface area contributed by atoms with E-state index in [4.69, 9.17) is 9.84 Å². The molecule has 4 aromatic rings. The van der Waals surface area contributed by atoms with Crippen LogP contribution in [0.4, 0.5) is 0 Å². The number of rotatable bonds is 8. The zero-order valence-electron chi connectivity index (χ0n) is 17.2. The van der Waals surface area contributed by atoms with Crippen LogP contribution in [0.15, 0.2) is 71.7 Å². The van der Waals surface area contributed by atoms with Crippen LogP contribution in [0.2, 0.25) is 0 Å². The first-order valence-corrected chi connectivity index (χ1v) is 10.1. The predicted octanol–water partition coefficient (Wildman–Crippen LogP) is 2.38. The Labute approximate surface area is 179 Å². The summed E-state index contributed by atoms with van der Waals surface area (Å²) in [6.07, 6.45) is 1.89. The van der Waals surface area contributed by atoms with Gasteiger partial charge in [0, 0.05) is 24.4 Å². The first-order chi connectivity index (χ1) is 15.2. The second kappa shape index (κ2) is 9.36. The maximum Gasteiger partial charge on any atom is 0.319 e. The lowest BCUT2D eigenvalue weighted by molar-refractivity contribution is -0.142. The SMILES string of the molecule is CCOC(=O)CNCCn1nc(-c2c(-c3ccccc3)nn3ccccc23)ccc1=O. The van der Waals surface area contributed by atoms with E-state index >= 15 is 0 Å². The van der Waals surface area contributed by atoms with Crippen molar-refractivity contribution in [3.05, 3.63) is 77.2 Å². The summed E-state index contributed by atoms with van der Waals surface area (Å²) in [6, 6.07) is 19.0.